The number of hydrogen-bond donors (Lipinski definition) is 1. The molecule has 3 heteroatoms. The van der Waals surface area contributed by atoms with Crippen molar-refractivity contribution in [1.29, 1.82) is 0 Å². The Morgan fingerprint density at radius 1 is 1.21 bits per heavy atom. The molecule has 4 fully saturated rings. The van der Waals surface area contributed by atoms with Gasteiger partial charge < -0.3 is 5.32 Å². The molecule has 0 aromatic heterocycles. The molecule has 4 rings (SSSR count). The topological polar surface area (TPSA) is 29.1 Å². The second-order valence-corrected chi connectivity index (χ2v) is 8.02. The van der Waals surface area contributed by atoms with Gasteiger partial charge in [0, 0.05) is 13.0 Å². The summed E-state index contributed by atoms with van der Waals surface area (Å²) in [5, 5.41) is 3.12. The predicted molar refractivity (Wildman–Crippen MR) is 78.2 cm³/mol. The van der Waals surface area contributed by atoms with Crippen molar-refractivity contribution >= 4 is 17.5 Å². The molecule has 4 bridgehead atoms. The van der Waals surface area contributed by atoms with Gasteiger partial charge in [-0.15, -0.1) is 11.6 Å². The molecule has 2 nitrogen and oxygen atoms in total. The fraction of sp³-hybridized carbons (Fsp3) is 0.938. The molecule has 0 saturated heterocycles. The number of rotatable bonds is 5. The van der Waals surface area contributed by atoms with Crippen LogP contribution in [0.4, 0.5) is 0 Å². The van der Waals surface area contributed by atoms with Gasteiger partial charge in [-0.25, -0.2) is 0 Å². The van der Waals surface area contributed by atoms with Crippen LogP contribution >= 0.6 is 11.6 Å². The molecule has 4 aliphatic carbocycles. The van der Waals surface area contributed by atoms with Crippen LogP contribution in [0.1, 0.15) is 58.3 Å². The minimum atomic E-state index is 0.0836. The summed E-state index contributed by atoms with van der Waals surface area (Å²) in [6, 6.07) is 0. The zero-order valence-electron chi connectivity index (χ0n) is 12.0. The van der Waals surface area contributed by atoms with Crippen LogP contribution in [-0.2, 0) is 4.79 Å². The molecule has 0 aliphatic heterocycles. The monoisotopic (exact) mass is 283 g/mol. The first-order valence-electron chi connectivity index (χ1n) is 7.99. The van der Waals surface area contributed by atoms with Gasteiger partial charge in [0.05, 0.1) is 5.38 Å². The number of carbonyl (C=O) groups excluding carboxylic acids is 1. The Labute approximate surface area is 121 Å². The zero-order valence-corrected chi connectivity index (χ0v) is 12.7. The van der Waals surface area contributed by atoms with Crippen molar-refractivity contribution in [3.8, 4) is 0 Å². The van der Waals surface area contributed by atoms with Crippen LogP contribution < -0.4 is 5.32 Å². The summed E-state index contributed by atoms with van der Waals surface area (Å²) in [6.45, 7) is 2.69. The van der Waals surface area contributed by atoms with Gasteiger partial charge in [0.15, 0.2) is 0 Å². The molecule has 0 heterocycles. The molecule has 4 aliphatic rings. The van der Waals surface area contributed by atoms with E-state index in [1.807, 2.05) is 0 Å². The van der Waals surface area contributed by atoms with Crippen molar-refractivity contribution < 1.29 is 4.79 Å². The minimum Gasteiger partial charge on any atom is -0.355 e. The lowest BCUT2D eigenvalue weighted by Gasteiger charge is -2.56. The van der Waals surface area contributed by atoms with Gasteiger partial charge in [-0.3, -0.25) is 4.79 Å². The van der Waals surface area contributed by atoms with E-state index in [0.29, 0.717) is 12.0 Å². The minimum absolute atomic E-state index is 0.0836. The van der Waals surface area contributed by atoms with Gasteiger partial charge in [-0.2, -0.15) is 0 Å². The maximum atomic E-state index is 12.2. The van der Waals surface area contributed by atoms with Crippen molar-refractivity contribution in [2.45, 2.75) is 63.7 Å². The molecule has 1 unspecified atom stereocenters. The summed E-state index contributed by atoms with van der Waals surface area (Å²) in [5.41, 5.74) is 0.354. The number of carbonyl (C=O) groups is 1. The predicted octanol–water partition coefficient (Wildman–Crippen LogP) is 3.73. The van der Waals surface area contributed by atoms with E-state index in [1.165, 1.54) is 38.5 Å². The lowest BCUT2D eigenvalue weighted by Crippen LogP contribution is -2.48. The van der Waals surface area contributed by atoms with Crippen LogP contribution in [-0.4, -0.2) is 17.8 Å². The SMILES string of the molecule is CCC(Cl)CNC(=O)CC12CC3CC(CC(C3)C1)C2. The summed E-state index contributed by atoms with van der Waals surface area (Å²) in [6.07, 6.45) is 9.93. The molecule has 1 amide bonds. The Morgan fingerprint density at radius 2 is 1.74 bits per heavy atom. The largest absolute Gasteiger partial charge is 0.355 e. The van der Waals surface area contributed by atoms with Crippen LogP contribution in [0, 0.1) is 23.2 Å². The van der Waals surface area contributed by atoms with E-state index in [1.54, 1.807) is 0 Å². The number of amides is 1. The highest BCUT2D eigenvalue weighted by molar-refractivity contribution is 6.20. The van der Waals surface area contributed by atoms with Gasteiger partial charge in [0.1, 0.15) is 0 Å². The van der Waals surface area contributed by atoms with Crippen LogP contribution in [0.5, 0.6) is 0 Å². The molecule has 19 heavy (non-hydrogen) atoms. The van der Waals surface area contributed by atoms with E-state index < -0.39 is 0 Å². The third-order valence-electron chi connectivity index (χ3n) is 5.66. The Kier molecular flexibility index (Phi) is 3.81. The van der Waals surface area contributed by atoms with E-state index in [9.17, 15) is 4.79 Å². The van der Waals surface area contributed by atoms with Gasteiger partial charge >= 0.3 is 0 Å². The average Bonchev–Trinajstić information content (AvgIpc) is 2.33. The average molecular weight is 284 g/mol. The first-order valence-corrected chi connectivity index (χ1v) is 8.43. The first-order chi connectivity index (χ1) is 9.08. The summed E-state index contributed by atoms with van der Waals surface area (Å²) < 4.78 is 0. The number of alkyl halides is 1. The number of halogens is 1. The molecule has 0 radical (unpaired) electrons. The normalized spacial score (nSPS) is 41.3. The Balaban J connectivity index is 1.56. The Bertz CT molecular complexity index is 319. The summed E-state index contributed by atoms with van der Waals surface area (Å²) in [5.74, 6) is 3.02. The lowest BCUT2D eigenvalue weighted by atomic mass is 9.49. The van der Waals surface area contributed by atoms with Crippen molar-refractivity contribution in [2.75, 3.05) is 6.54 Å². The van der Waals surface area contributed by atoms with Gasteiger partial charge in [-0.1, -0.05) is 6.92 Å². The van der Waals surface area contributed by atoms with Crippen molar-refractivity contribution in [3.05, 3.63) is 0 Å². The van der Waals surface area contributed by atoms with Crippen LogP contribution in [0.3, 0.4) is 0 Å². The maximum absolute atomic E-state index is 12.2. The van der Waals surface area contributed by atoms with E-state index in [4.69, 9.17) is 11.6 Å². The number of nitrogens with one attached hydrogen (secondary N) is 1. The second-order valence-electron chi connectivity index (χ2n) is 7.40. The van der Waals surface area contributed by atoms with E-state index in [0.717, 1.165) is 30.6 Å². The van der Waals surface area contributed by atoms with Gasteiger partial charge in [0.25, 0.3) is 0 Å². The zero-order chi connectivity index (χ0) is 13.5. The molecule has 0 aromatic rings. The summed E-state index contributed by atoms with van der Waals surface area (Å²) >= 11 is 6.07. The maximum Gasteiger partial charge on any atom is 0.220 e. The van der Waals surface area contributed by atoms with E-state index in [2.05, 4.69) is 12.2 Å². The highest BCUT2D eigenvalue weighted by atomic mass is 35.5. The van der Waals surface area contributed by atoms with Crippen molar-refractivity contribution in [2.24, 2.45) is 23.2 Å². The molecule has 1 N–H and O–H groups in total. The molecular weight excluding hydrogens is 258 g/mol. The van der Waals surface area contributed by atoms with E-state index >= 15 is 0 Å². The Hall–Kier alpha value is -0.240. The Morgan fingerprint density at radius 3 is 2.21 bits per heavy atom. The standard InChI is InChI=1S/C16H26ClNO/c1-2-14(17)10-18-15(19)9-16-6-11-3-12(7-16)5-13(4-11)8-16/h11-14H,2-10H2,1H3,(H,18,19). The van der Waals surface area contributed by atoms with Crippen LogP contribution in [0.15, 0.2) is 0 Å². The van der Waals surface area contributed by atoms with Crippen LogP contribution in [0.2, 0.25) is 0 Å². The van der Waals surface area contributed by atoms with E-state index in [-0.39, 0.29) is 11.3 Å². The molecule has 108 valence electrons. The van der Waals surface area contributed by atoms with Crippen molar-refractivity contribution in [1.82, 2.24) is 5.32 Å². The lowest BCUT2D eigenvalue weighted by molar-refractivity contribution is -0.129. The third-order valence-corrected chi connectivity index (χ3v) is 6.13. The van der Waals surface area contributed by atoms with Crippen molar-refractivity contribution in [3.63, 3.8) is 0 Å². The van der Waals surface area contributed by atoms with Crippen LogP contribution in [0.25, 0.3) is 0 Å². The summed E-state index contributed by atoms with van der Waals surface area (Å²) in [4.78, 5) is 12.2. The fourth-order valence-electron chi connectivity index (χ4n) is 5.28. The molecule has 0 aromatic carbocycles. The smallest absolute Gasteiger partial charge is 0.220 e. The first kappa shape index (κ1) is 13.7. The highest BCUT2D eigenvalue weighted by Gasteiger charge is 2.51. The molecule has 4 saturated carbocycles. The summed E-state index contributed by atoms with van der Waals surface area (Å²) in [7, 11) is 0. The molecule has 0 spiro atoms. The highest BCUT2D eigenvalue weighted by Crippen LogP contribution is 2.61. The second kappa shape index (κ2) is 5.27. The van der Waals surface area contributed by atoms with Gasteiger partial charge in [0.2, 0.25) is 5.91 Å². The fourth-order valence-corrected chi connectivity index (χ4v) is 5.36. The third kappa shape index (κ3) is 2.94. The quantitative estimate of drug-likeness (QED) is 0.766. The number of hydrogen-bond acceptors (Lipinski definition) is 1. The molecule has 1 atom stereocenters. The molecular formula is C16H26ClNO. The van der Waals surface area contributed by atoms with Gasteiger partial charge in [-0.05, 0) is 68.1 Å².